The number of amides is 4. The van der Waals surface area contributed by atoms with Crippen LogP contribution in [0.1, 0.15) is 33.1 Å². The van der Waals surface area contributed by atoms with Gasteiger partial charge in [-0.25, -0.2) is 20.4 Å². The molecule has 7 N–H and O–H groups in total. The van der Waals surface area contributed by atoms with Crippen LogP contribution in [0.4, 0.5) is 9.59 Å². The quantitative estimate of drug-likeness (QED) is 0.460. The van der Waals surface area contributed by atoms with Crippen molar-refractivity contribution in [3.05, 3.63) is 0 Å². The smallest absolute Gasteiger partial charge is 0.332 e. The van der Waals surface area contributed by atoms with E-state index in [9.17, 15) is 9.59 Å². The molecule has 0 unspecified atom stereocenters. The van der Waals surface area contributed by atoms with E-state index in [2.05, 4.69) is 35.2 Å². The van der Waals surface area contributed by atoms with Gasteiger partial charge in [-0.1, -0.05) is 20.3 Å². The van der Waals surface area contributed by atoms with E-state index in [-0.39, 0.29) is 12.0 Å². The number of rotatable bonds is 4. The van der Waals surface area contributed by atoms with Crippen molar-refractivity contribution in [3.63, 3.8) is 0 Å². The second-order valence-corrected chi connectivity index (χ2v) is 4.88. The van der Waals surface area contributed by atoms with E-state index >= 15 is 0 Å². The number of primary amides is 2. The summed E-state index contributed by atoms with van der Waals surface area (Å²) in [5, 5.41) is 4.03. The lowest BCUT2D eigenvalue weighted by Gasteiger charge is -2.35. The van der Waals surface area contributed by atoms with Gasteiger partial charge in [0.25, 0.3) is 0 Å². The molecule has 0 spiro atoms. The Morgan fingerprint density at radius 2 is 2.05 bits per heavy atom. The number of nitrogens with one attached hydrogen (secondary N) is 3. The molecule has 0 aliphatic heterocycles. The molecule has 0 bridgehead atoms. The maximum Gasteiger partial charge on any atom is 0.332 e. The minimum atomic E-state index is -0.708. The zero-order valence-electron chi connectivity index (χ0n) is 11.3. The highest BCUT2D eigenvalue weighted by Gasteiger charge is 2.32. The molecule has 0 radical (unpaired) electrons. The fourth-order valence-corrected chi connectivity index (χ4v) is 2.42. The first-order chi connectivity index (χ1) is 8.93. The Bertz CT molecular complexity index is 370. The summed E-state index contributed by atoms with van der Waals surface area (Å²) in [6.07, 6.45) is 2.80. The minimum absolute atomic E-state index is 0.165. The average Bonchev–Trinajstić information content (AvgIpc) is 2.34. The number of carbonyl (C=O) groups is 2. The van der Waals surface area contributed by atoms with Gasteiger partial charge in [-0.15, -0.1) is 0 Å². The molecule has 4 amide bonds. The molecule has 0 aromatic heterocycles. The van der Waals surface area contributed by atoms with Crippen LogP contribution >= 0.6 is 0 Å². The molecular formula is C11H22N6O2. The predicted octanol–water partition coefficient (Wildman–Crippen LogP) is 0.00830. The molecule has 0 saturated heterocycles. The first-order valence-electron chi connectivity index (χ1n) is 6.36. The largest absolute Gasteiger partial charge is 0.351 e. The SMILES string of the molecule is CC[C@@H]1C/C(=N\NC(N)=O)[C@@H](NNC(N)=O)[C@@H](C)C1. The second kappa shape index (κ2) is 6.93. The Morgan fingerprint density at radius 1 is 1.37 bits per heavy atom. The maximum absolute atomic E-state index is 10.8. The predicted molar refractivity (Wildman–Crippen MR) is 72.0 cm³/mol. The van der Waals surface area contributed by atoms with Gasteiger partial charge < -0.3 is 11.5 Å². The number of hydrogen-bond acceptors (Lipinski definition) is 4. The van der Waals surface area contributed by atoms with E-state index in [1.54, 1.807) is 0 Å². The Balaban J connectivity index is 2.78. The third kappa shape index (κ3) is 4.74. The van der Waals surface area contributed by atoms with Crippen molar-refractivity contribution in [2.45, 2.75) is 39.2 Å². The van der Waals surface area contributed by atoms with Crippen LogP contribution in [0.5, 0.6) is 0 Å². The average molecular weight is 270 g/mol. The van der Waals surface area contributed by atoms with Gasteiger partial charge in [-0.2, -0.15) is 5.10 Å². The molecule has 108 valence electrons. The van der Waals surface area contributed by atoms with E-state index in [1.807, 2.05) is 0 Å². The highest BCUT2D eigenvalue weighted by atomic mass is 16.2. The second-order valence-electron chi connectivity index (χ2n) is 4.88. The fourth-order valence-electron chi connectivity index (χ4n) is 2.42. The number of nitrogens with two attached hydrogens (primary N) is 2. The molecule has 0 heterocycles. The Morgan fingerprint density at radius 3 is 2.58 bits per heavy atom. The van der Waals surface area contributed by atoms with Crippen molar-refractivity contribution in [2.24, 2.45) is 28.4 Å². The van der Waals surface area contributed by atoms with Crippen molar-refractivity contribution in [1.82, 2.24) is 16.3 Å². The van der Waals surface area contributed by atoms with E-state index < -0.39 is 12.1 Å². The van der Waals surface area contributed by atoms with Crippen molar-refractivity contribution in [1.29, 1.82) is 0 Å². The molecule has 1 rings (SSSR count). The molecular weight excluding hydrogens is 248 g/mol. The highest BCUT2D eigenvalue weighted by Crippen LogP contribution is 2.29. The lowest BCUT2D eigenvalue weighted by atomic mass is 9.77. The van der Waals surface area contributed by atoms with Crippen molar-refractivity contribution in [3.8, 4) is 0 Å². The van der Waals surface area contributed by atoms with E-state index in [1.165, 1.54) is 0 Å². The summed E-state index contributed by atoms with van der Waals surface area (Å²) in [6, 6.07) is -1.53. The van der Waals surface area contributed by atoms with Crippen LogP contribution in [-0.4, -0.2) is 23.8 Å². The number of hydrazine groups is 1. The summed E-state index contributed by atoms with van der Waals surface area (Å²) in [6.45, 7) is 4.17. The normalized spacial score (nSPS) is 28.9. The van der Waals surface area contributed by atoms with E-state index in [0.717, 1.165) is 25.0 Å². The van der Waals surface area contributed by atoms with Crippen LogP contribution < -0.4 is 27.7 Å². The highest BCUT2D eigenvalue weighted by molar-refractivity contribution is 5.91. The van der Waals surface area contributed by atoms with Gasteiger partial charge in [0.05, 0.1) is 11.8 Å². The Hall–Kier alpha value is -1.83. The summed E-state index contributed by atoms with van der Waals surface area (Å²) >= 11 is 0. The Kier molecular flexibility index (Phi) is 5.56. The van der Waals surface area contributed by atoms with Gasteiger partial charge in [-0.05, 0) is 24.7 Å². The van der Waals surface area contributed by atoms with Gasteiger partial charge in [0.15, 0.2) is 0 Å². The fraction of sp³-hybridized carbons (Fsp3) is 0.727. The summed E-state index contributed by atoms with van der Waals surface area (Å²) in [7, 11) is 0. The topological polar surface area (TPSA) is 135 Å². The van der Waals surface area contributed by atoms with Crippen LogP contribution in [0.15, 0.2) is 5.10 Å². The summed E-state index contributed by atoms with van der Waals surface area (Å²) in [5.41, 5.74) is 18.3. The lowest BCUT2D eigenvalue weighted by Crippen LogP contribution is -2.55. The lowest BCUT2D eigenvalue weighted by molar-refractivity contribution is 0.236. The molecule has 1 aliphatic carbocycles. The summed E-state index contributed by atoms with van der Waals surface area (Å²) in [4.78, 5) is 21.5. The standard InChI is InChI=1S/C11H22N6O2/c1-3-7-4-6(2)9(15-17-11(13)19)8(5-7)14-16-10(12)18/h6-7,9,15H,3-5H2,1-2H3,(H3,12,16,18)(H3,13,17,19)/b14-8+/t6-,7-,9-/m0/s1. The summed E-state index contributed by atoms with van der Waals surface area (Å²) in [5.74, 6) is 0.772. The molecule has 0 aromatic carbocycles. The number of hydrazone groups is 1. The van der Waals surface area contributed by atoms with Crippen LogP contribution in [-0.2, 0) is 0 Å². The number of urea groups is 2. The van der Waals surface area contributed by atoms with E-state index in [0.29, 0.717) is 5.92 Å². The first kappa shape index (κ1) is 15.2. The number of hydrogen-bond donors (Lipinski definition) is 5. The van der Waals surface area contributed by atoms with E-state index in [4.69, 9.17) is 11.5 Å². The van der Waals surface area contributed by atoms with Gasteiger partial charge in [0.1, 0.15) is 0 Å². The number of carbonyl (C=O) groups excluding carboxylic acids is 2. The zero-order valence-corrected chi connectivity index (χ0v) is 11.3. The summed E-state index contributed by atoms with van der Waals surface area (Å²) < 4.78 is 0. The third-order valence-corrected chi connectivity index (χ3v) is 3.37. The van der Waals surface area contributed by atoms with Crippen LogP contribution in [0.2, 0.25) is 0 Å². The molecule has 3 atom stereocenters. The van der Waals surface area contributed by atoms with Crippen LogP contribution in [0, 0.1) is 11.8 Å². The van der Waals surface area contributed by atoms with Gasteiger partial charge in [0, 0.05) is 0 Å². The minimum Gasteiger partial charge on any atom is -0.351 e. The van der Waals surface area contributed by atoms with Gasteiger partial charge in [-0.3, -0.25) is 5.43 Å². The monoisotopic (exact) mass is 270 g/mol. The molecule has 1 aliphatic rings. The molecule has 1 saturated carbocycles. The number of nitrogens with zero attached hydrogens (tertiary/aromatic N) is 1. The van der Waals surface area contributed by atoms with Crippen molar-refractivity contribution in [2.75, 3.05) is 0 Å². The molecule has 19 heavy (non-hydrogen) atoms. The van der Waals surface area contributed by atoms with Gasteiger partial charge >= 0.3 is 12.1 Å². The van der Waals surface area contributed by atoms with Gasteiger partial charge in [0.2, 0.25) is 0 Å². The first-order valence-corrected chi connectivity index (χ1v) is 6.36. The molecule has 1 fully saturated rings. The Labute approximate surface area is 112 Å². The maximum atomic E-state index is 10.8. The molecule has 0 aromatic rings. The molecule has 8 heteroatoms. The van der Waals surface area contributed by atoms with Crippen molar-refractivity contribution < 1.29 is 9.59 Å². The van der Waals surface area contributed by atoms with Crippen LogP contribution in [0.3, 0.4) is 0 Å². The van der Waals surface area contributed by atoms with Crippen molar-refractivity contribution >= 4 is 17.8 Å². The zero-order chi connectivity index (χ0) is 14.4. The van der Waals surface area contributed by atoms with Crippen LogP contribution in [0.25, 0.3) is 0 Å². The third-order valence-electron chi connectivity index (χ3n) is 3.37. The molecule has 8 nitrogen and oxygen atoms in total.